The molecular weight excluding hydrogens is 312 g/mol. The zero-order valence-corrected chi connectivity index (χ0v) is 16.0. The van der Waals surface area contributed by atoms with Crippen LogP contribution in [0.15, 0.2) is 24.4 Å². The van der Waals surface area contributed by atoms with Crippen LogP contribution in [-0.4, -0.2) is 32.4 Å². The minimum Gasteiger partial charge on any atom is -0.353 e. The molecule has 0 aromatic carbocycles. The van der Waals surface area contributed by atoms with Gasteiger partial charge in [-0.1, -0.05) is 6.07 Å². The number of nitrogens with zero attached hydrogens (tertiary/aromatic N) is 2. The van der Waals surface area contributed by atoms with Gasteiger partial charge in [0, 0.05) is 35.4 Å². The molecule has 5 heteroatoms. The van der Waals surface area contributed by atoms with E-state index in [-0.39, 0.29) is 23.0 Å². The lowest BCUT2D eigenvalue weighted by atomic mass is 9.79. The number of amides is 1. The Kier molecular flexibility index (Phi) is 4.62. The zero-order chi connectivity index (χ0) is 18.2. The fourth-order valence-corrected chi connectivity index (χ4v) is 4.42. The summed E-state index contributed by atoms with van der Waals surface area (Å²) < 4.78 is 2.08. The Morgan fingerprint density at radius 2 is 1.96 bits per heavy atom. The highest BCUT2D eigenvalue weighted by Gasteiger charge is 2.38. The third-order valence-electron chi connectivity index (χ3n) is 4.97. The number of aromatic nitrogens is 2. The molecule has 2 aromatic rings. The molecule has 1 saturated heterocycles. The van der Waals surface area contributed by atoms with Gasteiger partial charge in [0.05, 0.1) is 5.69 Å². The number of piperidine rings is 1. The van der Waals surface area contributed by atoms with Crippen molar-refractivity contribution in [2.75, 3.05) is 0 Å². The molecule has 3 rings (SSSR count). The van der Waals surface area contributed by atoms with E-state index in [1.165, 1.54) is 0 Å². The molecule has 0 unspecified atom stereocenters. The van der Waals surface area contributed by atoms with E-state index in [4.69, 9.17) is 0 Å². The summed E-state index contributed by atoms with van der Waals surface area (Å²) in [4.78, 5) is 17.1. The zero-order valence-electron chi connectivity index (χ0n) is 16.0. The van der Waals surface area contributed by atoms with Gasteiger partial charge in [-0.25, -0.2) is 4.98 Å². The number of imidazole rings is 1. The third kappa shape index (κ3) is 4.21. The first-order valence-electron chi connectivity index (χ1n) is 9.16. The fraction of sp³-hybridized carbons (Fsp3) is 0.600. The minimum absolute atomic E-state index is 0.0396. The topological polar surface area (TPSA) is 58.4 Å². The molecule has 0 spiro atoms. The number of carbonyl (C=O) groups excluding carboxylic acids is 1. The molecule has 1 amide bonds. The van der Waals surface area contributed by atoms with Crippen LogP contribution < -0.4 is 10.6 Å². The van der Waals surface area contributed by atoms with Crippen LogP contribution in [0.1, 0.15) is 58.3 Å². The highest BCUT2D eigenvalue weighted by molar-refractivity contribution is 5.76. The van der Waals surface area contributed by atoms with Crippen LogP contribution in [-0.2, 0) is 11.2 Å². The van der Waals surface area contributed by atoms with Crippen molar-refractivity contribution in [3.05, 3.63) is 35.8 Å². The molecule has 0 saturated carbocycles. The first-order valence-corrected chi connectivity index (χ1v) is 9.16. The normalized spacial score (nSPS) is 19.9. The molecule has 25 heavy (non-hydrogen) atoms. The Bertz CT molecular complexity index is 759. The van der Waals surface area contributed by atoms with Gasteiger partial charge in [-0.15, -0.1) is 0 Å². The van der Waals surface area contributed by atoms with Gasteiger partial charge in [0.1, 0.15) is 5.65 Å². The number of rotatable bonds is 4. The number of fused-ring (bicyclic) bond motifs is 1. The van der Waals surface area contributed by atoms with Gasteiger partial charge in [-0.3, -0.25) is 4.79 Å². The molecule has 3 heterocycles. The maximum absolute atomic E-state index is 12.5. The quantitative estimate of drug-likeness (QED) is 0.898. The molecule has 1 aliphatic heterocycles. The van der Waals surface area contributed by atoms with Crippen LogP contribution >= 0.6 is 0 Å². The number of hydrogen-bond donors (Lipinski definition) is 2. The molecule has 2 aromatic heterocycles. The summed E-state index contributed by atoms with van der Waals surface area (Å²) in [6, 6.07) is 6.20. The van der Waals surface area contributed by atoms with E-state index in [2.05, 4.69) is 47.7 Å². The predicted molar refractivity (Wildman–Crippen MR) is 101 cm³/mol. The number of carbonyl (C=O) groups is 1. The minimum atomic E-state index is 0.0396. The first-order chi connectivity index (χ1) is 11.7. The van der Waals surface area contributed by atoms with Crippen molar-refractivity contribution in [2.24, 2.45) is 0 Å². The van der Waals surface area contributed by atoms with E-state index < -0.39 is 0 Å². The van der Waals surface area contributed by atoms with E-state index in [1.807, 2.05) is 31.3 Å². The highest BCUT2D eigenvalue weighted by Crippen LogP contribution is 2.28. The van der Waals surface area contributed by atoms with Crippen molar-refractivity contribution in [3.63, 3.8) is 0 Å². The summed E-state index contributed by atoms with van der Waals surface area (Å²) in [6.07, 6.45) is 5.13. The highest BCUT2D eigenvalue weighted by atomic mass is 16.1. The van der Waals surface area contributed by atoms with Gasteiger partial charge in [0.25, 0.3) is 0 Å². The Balaban J connectivity index is 1.62. The second-order valence-corrected chi connectivity index (χ2v) is 8.64. The van der Waals surface area contributed by atoms with Crippen LogP contribution in [0.2, 0.25) is 0 Å². The molecule has 2 N–H and O–H groups in total. The summed E-state index contributed by atoms with van der Waals surface area (Å²) in [5.41, 5.74) is 3.15. The van der Waals surface area contributed by atoms with Crippen molar-refractivity contribution in [1.29, 1.82) is 0 Å². The number of hydrogen-bond acceptors (Lipinski definition) is 3. The van der Waals surface area contributed by atoms with Crippen LogP contribution in [0.4, 0.5) is 0 Å². The molecule has 0 radical (unpaired) electrons. The molecule has 1 aliphatic rings. The maximum atomic E-state index is 12.5. The molecule has 136 valence electrons. The van der Waals surface area contributed by atoms with Crippen LogP contribution in [0.25, 0.3) is 5.65 Å². The Morgan fingerprint density at radius 3 is 2.64 bits per heavy atom. The first kappa shape index (κ1) is 17.9. The summed E-state index contributed by atoms with van der Waals surface area (Å²) in [5.74, 6) is 0.129. The molecule has 0 aliphatic carbocycles. The van der Waals surface area contributed by atoms with E-state index in [9.17, 15) is 4.79 Å². The predicted octanol–water partition coefficient (Wildman–Crippen LogP) is 3.00. The van der Waals surface area contributed by atoms with Crippen molar-refractivity contribution >= 4 is 11.6 Å². The lowest BCUT2D eigenvalue weighted by molar-refractivity contribution is -0.122. The van der Waals surface area contributed by atoms with Crippen molar-refractivity contribution in [3.8, 4) is 0 Å². The molecule has 0 bridgehead atoms. The van der Waals surface area contributed by atoms with Crippen LogP contribution in [0.5, 0.6) is 0 Å². The Hall–Kier alpha value is -1.88. The van der Waals surface area contributed by atoms with Gasteiger partial charge in [0.2, 0.25) is 5.91 Å². The summed E-state index contributed by atoms with van der Waals surface area (Å²) in [6.45, 7) is 10.8. The Morgan fingerprint density at radius 1 is 1.28 bits per heavy atom. The Labute approximate surface area is 150 Å². The van der Waals surface area contributed by atoms with Gasteiger partial charge >= 0.3 is 0 Å². The second-order valence-electron chi connectivity index (χ2n) is 8.64. The van der Waals surface area contributed by atoms with Gasteiger partial charge in [-0.05, 0) is 66.0 Å². The van der Waals surface area contributed by atoms with E-state index >= 15 is 0 Å². The lowest BCUT2D eigenvalue weighted by Crippen LogP contribution is -2.62. The van der Waals surface area contributed by atoms with E-state index in [0.717, 1.165) is 29.9 Å². The van der Waals surface area contributed by atoms with Crippen molar-refractivity contribution in [1.82, 2.24) is 20.0 Å². The lowest BCUT2D eigenvalue weighted by Gasteiger charge is -2.46. The standard InChI is InChI=1S/C20H30N4O/c1-14-16(24-11-7-6-8-17(24)21-14)9-10-18(25)22-15-12-19(2,3)23-20(4,5)13-15/h6-8,11,15,23H,9-10,12-13H2,1-5H3,(H,22,25). The number of aryl methyl sites for hydroxylation is 2. The molecule has 0 atom stereocenters. The van der Waals surface area contributed by atoms with Gasteiger partial charge < -0.3 is 15.0 Å². The SMILES string of the molecule is Cc1nc2ccccn2c1CCC(=O)NC1CC(C)(C)NC(C)(C)C1. The number of pyridine rings is 1. The fourth-order valence-electron chi connectivity index (χ4n) is 4.42. The largest absolute Gasteiger partial charge is 0.353 e. The van der Waals surface area contributed by atoms with Crippen LogP contribution in [0.3, 0.4) is 0 Å². The van der Waals surface area contributed by atoms with Gasteiger partial charge in [0.15, 0.2) is 0 Å². The van der Waals surface area contributed by atoms with Crippen LogP contribution in [0, 0.1) is 6.92 Å². The van der Waals surface area contributed by atoms with Crippen molar-refractivity contribution < 1.29 is 4.79 Å². The third-order valence-corrected chi connectivity index (χ3v) is 4.97. The smallest absolute Gasteiger partial charge is 0.220 e. The molecule has 1 fully saturated rings. The average Bonchev–Trinajstić information content (AvgIpc) is 2.77. The number of nitrogens with one attached hydrogen (secondary N) is 2. The average molecular weight is 342 g/mol. The second kappa shape index (κ2) is 6.45. The molecular formula is C20H30N4O. The monoisotopic (exact) mass is 342 g/mol. The van der Waals surface area contributed by atoms with E-state index in [1.54, 1.807) is 0 Å². The molecule has 5 nitrogen and oxygen atoms in total. The van der Waals surface area contributed by atoms with Crippen molar-refractivity contribution in [2.45, 2.75) is 77.4 Å². The maximum Gasteiger partial charge on any atom is 0.220 e. The summed E-state index contributed by atoms with van der Waals surface area (Å²) >= 11 is 0. The van der Waals surface area contributed by atoms with Gasteiger partial charge in [-0.2, -0.15) is 0 Å². The summed E-state index contributed by atoms with van der Waals surface area (Å²) in [5, 5.41) is 6.91. The summed E-state index contributed by atoms with van der Waals surface area (Å²) in [7, 11) is 0. The van der Waals surface area contributed by atoms with E-state index in [0.29, 0.717) is 12.8 Å².